The zero-order valence-electron chi connectivity index (χ0n) is 49.2. The Balaban J connectivity index is 2.21. The van der Waals surface area contributed by atoms with Crippen LogP contribution in [0.5, 0.6) is 0 Å². The van der Waals surface area contributed by atoms with Gasteiger partial charge in [0.25, 0.3) is 0 Å². The molecule has 1 heterocycles. The number of hydrogen-bond acceptors (Lipinski definition) is 8. The highest BCUT2D eigenvalue weighted by Crippen LogP contribution is 2.23. The Morgan fingerprint density at radius 3 is 1.19 bits per heavy atom. The Morgan fingerprint density at radius 2 is 0.805 bits per heavy atom. The monoisotopic (exact) mass is 1080 g/mol. The van der Waals surface area contributed by atoms with Crippen LogP contribution in [0.3, 0.4) is 0 Å². The molecule has 1 aliphatic rings. The maximum atomic E-state index is 13.1. The molecule has 9 heteroatoms. The molecule has 0 aromatic heterocycles. The van der Waals surface area contributed by atoms with E-state index in [0.717, 1.165) is 116 Å². The number of amides is 1. The topological polar surface area (TPSA) is 149 Å². The molecule has 0 aromatic carbocycles. The standard InChI is InChI=1S/C68H117NO8/c1-3-5-7-9-11-13-15-17-19-21-23-25-26-27-28-29-30-31-32-33-34-35-36-38-40-42-44-46-48-50-52-54-56-58-64(72)69-61(60-76-68-67(75)66(74)65(73)63(59-70)77-68)62(71)57-55-53-51-49-47-45-43-41-39-37-24-22-20-18-16-14-12-10-8-6-4-2/h5,7,11,13,17,19,23,25,27-28,30-31,33-34,36,38,42,44,61-63,65-68,70-71,73-75H,3-4,6,8-10,12,14-16,18,20-22,24,26,29,32,35,37,39-41,43,45-60H2,1-2H3,(H,69,72)/b7-5-,13-11-,19-17-,25-23-,28-27-,31-30-,34-33-,38-36-,44-42-. The van der Waals surface area contributed by atoms with Gasteiger partial charge in [0.15, 0.2) is 6.29 Å². The number of nitrogens with one attached hydrogen (secondary N) is 1. The first-order valence-electron chi connectivity index (χ1n) is 31.6. The molecule has 0 saturated carbocycles. The molecule has 442 valence electrons. The van der Waals surface area contributed by atoms with E-state index in [1.807, 2.05) is 0 Å². The number of allylic oxidation sites excluding steroid dienone is 18. The Labute approximate surface area is 472 Å². The van der Waals surface area contributed by atoms with Gasteiger partial charge in [-0.3, -0.25) is 4.79 Å². The lowest BCUT2D eigenvalue weighted by Gasteiger charge is -2.40. The number of carbonyl (C=O) groups excluding carboxylic acids is 1. The van der Waals surface area contributed by atoms with Gasteiger partial charge in [0.1, 0.15) is 24.4 Å². The van der Waals surface area contributed by atoms with Crippen molar-refractivity contribution < 1.29 is 39.8 Å². The second-order valence-corrected chi connectivity index (χ2v) is 21.5. The summed E-state index contributed by atoms with van der Waals surface area (Å²) in [6.07, 6.45) is 75.4. The molecule has 1 rings (SSSR count). The Hall–Kier alpha value is -3.15. The Kier molecular flexibility index (Phi) is 52.4. The molecular weight excluding hydrogens is 959 g/mol. The third kappa shape index (κ3) is 45.3. The van der Waals surface area contributed by atoms with Crippen molar-refractivity contribution in [2.75, 3.05) is 13.2 Å². The van der Waals surface area contributed by atoms with Crippen LogP contribution in [0.1, 0.15) is 258 Å². The summed E-state index contributed by atoms with van der Waals surface area (Å²) in [5, 5.41) is 54.8. The fraction of sp³-hybridized carbons (Fsp3) is 0.721. The number of aliphatic hydroxyl groups is 5. The van der Waals surface area contributed by atoms with Crippen molar-refractivity contribution in [3.63, 3.8) is 0 Å². The molecule has 77 heavy (non-hydrogen) atoms. The van der Waals surface area contributed by atoms with Crippen molar-refractivity contribution in [2.24, 2.45) is 0 Å². The molecule has 0 aromatic rings. The highest BCUT2D eigenvalue weighted by atomic mass is 16.7. The zero-order valence-corrected chi connectivity index (χ0v) is 49.2. The minimum atomic E-state index is -1.56. The molecule has 6 N–H and O–H groups in total. The highest BCUT2D eigenvalue weighted by Gasteiger charge is 2.44. The largest absolute Gasteiger partial charge is 0.394 e. The second kappa shape index (κ2) is 56.1. The predicted molar refractivity (Wildman–Crippen MR) is 327 cm³/mol. The fourth-order valence-corrected chi connectivity index (χ4v) is 9.45. The van der Waals surface area contributed by atoms with Gasteiger partial charge in [0, 0.05) is 6.42 Å². The van der Waals surface area contributed by atoms with Gasteiger partial charge in [-0.05, 0) is 83.5 Å². The molecule has 9 nitrogen and oxygen atoms in total. The van der Waals surface area contributed by atoms with Gasteiger partial charge in [-0.1, -0.05) is 277 Å². The summed E-state index contributed by atoms with van der Waals surface area (Å²) in [4.78, 5) is 13.1. The molecular formula is C68H117NO8. The third-order valence-corrected chi connectivity index (χ3v) is 14.4. The van der Waals surface area contributed by atoms with Gasteiger partial charge in [-0.15, -0.1) is 0 Å². The van der Waals surface area contributed by atoms with Crippen LogP contribution in [0.15, 0.2) is 109 Å². The van der Waals surface area contributed by atoms with E-state index in [2.05, 4.69) is 129 Å². The van der Waals surface area contributed by atoms with Crippen LogP contribution in [0.2, 0.25) is 0 Å². The van der Waals surface area contributed by atoms with E-state index < -0.39 is 49.5 Å². The summed E-state index contributed by atoms with van der Waals surface area (Å²) in [6.45, 7) is 3.73. The number of unbranched alkanes of at least 4 members (excludes halogenated alkanes) is 25. The Bertz CT molecular complexity index is 1580. The lowest BCUT2D eigenvalue weighted by molar-refractivity contribution is -0.302. The van der Waals surface area contributed by atoms with E-state index in [4.69, 9.17) is 9.47 Å². The van der Waals surface area contributed by atoms with Crippen molar-refractivity contribution in [2.45, 2.75) is 301 Å². The summed E-state index contributed by atoms with van der Waals surface area (Å²) in [5.74, 6) is -0.165. The van der Waals surface area contributed by atoms with Gasteiger partial charge >= 0.3 is 0 Å². The second-order valence-electron chi connectivity index (χ2n) is 21.5. The van der Waals surface area contributed by atoms with E-state index in [1.165, 1.54) is 116 Å². The number of hydrogen-bond donors (Lipinski definition) is 6. The van der Waals surface area contributed by atoms with Gasteiger partial charge in [-0.2, -0.15) is 0 Å². The van der Waals surface area contributed by atoms with Gasteiger partial charge in [0.2, 0.25) is 5.91 Å². The normalized spacial score (nSPS) is 19.5. The van der Waals surface area contributed by atoms with E-state index in [0.29, 0.717) is 12.8 Å². The summed E-state index contributed by atoms with van der Waals surface area (Å²) >= 11 is 0. The molecule has 1 amide bonds. The van der Waals surface area contributed by atoms with Crippen molar-refractivity contribution in [3.05, 3.63) is 109 Å². The minimum Gasteiger partial charge on any atom is -0.394 e. The van der Waals surface area contributed by atoms with E-state index in [9.17, 15) is 30.3 Å². The fourth-order valence-electron chi connectivity index (χ4n) is 9.45. The molecule has 1 saturated heterocycles. The first-order chi connectivity index (χ1) is 37.8. The zero-order chi connectivity index (χ0) is 55.8. The van der Waals surface area contributed by atoms with Crippen LogP contribution >= 0.6 is 0 Å². The number of carbonyl (C=O) groups is 1. The maximum absolute atomic E-state index is 13.1. The summed E-state index contributed by atoms with van der Waals surface area (Å²) < 4.78 is 11.3. The van der Waals surface area contributed by atoms with Crippen molar-refractivity contribution in [3.8, 4) is 0 Å². The quantitative estimate of drug-likeness (QED) is 0.0261. The average molecular weight is 1080 g/mol. The summed E-state index contributed by atoms with van der Waals surface area (Å²) in [6, 6.07) is -0.739. The SMILES string of the molecule is CC/C=C\C/C=C\C/C=C\C/C=C\C/C=C\C/C=C\C/C=C\C/C=C\C/C=C\CCCCCCCC(=O)NC(COC1OC(CO)C(O)C(O)C1O)C(O)CCCCCCCCCCCCCCCCCCCCCCC. The number of rotatable bonds is 53. The first-order valence-corrected chi connectivity index (χ1v) is 31.6. The molecule has 1 aliphatic heterocycles. The van der Waals surface area contributed by atoms with Crippen LogP contribution in [-0.2, 0) is 14.3 Å². The van der Waals surface area contributed by atoms with Gasteiger partial charge < -0.3 is 40.3 Å². The molecule has 7 unspecified atom stereocenters. The summed E-state index contributed by atoms with van der Waals surface area (Å²) in [7, 11) is 0. The number of aliphatic hydroxyl groups excluding tert-OH is 5. The Morgan fingerprint density at radius 1 is 0.455 bits per heavy atom. The van der Waals surface area contributed by atoms with Crippen LogP contribution in [-0.4, -0.2) is 87.5 Å². The molecule has 0 spiro atoms. The summed E-state index contributed by atoms with van der Waals surface area (Å²) in [5.41, 5.74) is 0. The van der Waals surface area contributed by atoms with Crippen LogP contribution in [0.25, 0.3) is 0 Å². The molecule has 1 fully saturated rings. The maximum Gasteiger partial charge on any atom is 0.220 e. The molecule has 0 aliphatic carbocycles. The smallest absolute Gasteiger partial charge is 0.220 e. The van der Waals surface area contributed by atoms with E-state index >= 15 is 0 Å². The van der Waals surface area contributed by atoms with Crippen LogP contribution < -0.4 is 5.32 Å². The van der Waals surface area contributed by atoms with Crippen LogP contribution in [0.4, 0.5) is 0 Å². The lowest BCUT2D eigenvalue weighted by Crippen LogP contribution is -2.60. The van der Waals surface area contributed by atoms with E-state index in [-0.39, 0.29) is 12.5 Å². The lowest BCUT2D eigenvalue weighted by atomic mass is 9.99. The third-order valence-electron chi connectivity index (χ3n) is 14.4. The van der Waals surface area contributed by atoms with Gasteiger partial charge in [0.05, 0.1) is 25.4 Å². The number of ether oxygens (including phenoxy) is 2. The van der Waals surface area contributed by atoms with Crippen LogP contribution in [0, 0.1) is 0 Å². The van der Waals surface area contributed by atoms with Crippen molar-refractivity contribution in [1.82, 2.24) is 5.32 Å². The first kappa shape index (κ1) is 71.9. The van der Waals surface area contributed by atoms with Gasteiger partial charge in [-0.25, -0.2) is 0 Å². The minimum absolute atomic E-state index is 0.152. The highest BCUT2D eigenvalue weighted by molar-refractivity contribution is 5.76. The predicted octanol–water partition coefficient (Wildman–Crippen LogP) is 16.5. The van der Waals surface area contributed by atoms with E-state index in [1.54, 1.807) is 0 Å². The molecule has 0 radical (unpaired) electrons. The van der Waals surface area contributed by atoms with Crippen molar-refractivity contribution in [1.29, 1.82) is 0 Å². The molecule has 0 bridgehead atoms. The van der Waals surface area contributed by atoms with Crippen molar-refractivity contribution >= 4 is 5.91 Å². The average Bonchev–Trinajstić information content (AvgIpc) is 3.43. The molecule has 7 atom stereocenters.